The molecular formula is C17H16ClF3N2O. The third-order valence-corrected chi connectivity index (χ3v) is 3.61. The monoisotopic (exact) mass is 356 g/mol. The Morgan fingerprint density at radius 3 is 2.38 bits per heavy atom. The lowest BCUT2D eigenvalue weighted by molar-refractivity contribution is -0.137. The van der Waals surface area contributed by atoms with Gasteiger partial charge in [-0.05, 0) is 42.3 Å². The molecule has 0 unspecified atom stereocenters. The standard InChI is InChI=1S/C17H16ClF3N2O/c1-2-11-3-6-13(7-4-11)23-16(24)10-22-15-8-5-12(18)9-14(15)17(19,20)21/h3-9,22H,2,10H2,1H3,(H,23,24). The van der Waals surface area contributed by atoms with E-state index in [0.717, 1.165) is 18.1 Å². The van der Waals surface area contributed by atoms with Crippen LogP contribution in [-0.2, 0) is 17.4 Å². The zero-order valence-corrected chi connectivity index (χ0v) is 13.6. The number of nitrogens with one attached hydrogen (secondary N) is 2. The summed E-state index contributed by atoms with van der Waals surface area (Å²) >= 11 is 5.61. The van der Waals surface area contributed by atoms with E-state index in [1.54, 1.807) is 12.1 Å². The van der Waals surface area contributed by atoms with Crippen molar-refractivity contribution >= 4 is 28.9 Å². The molecule has 0 aliphatic carbocycles. The average Bonchev–Trinajstić information content (AvgIpc) is 2.53. The molecule has 0 aromatic heterocycles. The van der Waals surface area contributed by atoms with E-state index in [1.807, 2.05) is 19.1 Å². The van der Waals surface area contributed by atoms with Gasteiger partial charge in [0.1, 0.15) is 0 Å². The molecule has 0 heterocycles. The Morgan fingerprint density at radius 2 is 1.79 bits per heavy atom. The van der Waals surface area contributed by atoms with Crippen molar-refractivity contribution in [2.75, 3.05) is 17.2 Å². The van der Waals surface area contributed by atoms with Gasteiger partial charge in [0.05, 0.1) is 12.1 Å². The molecule has 0 atom stereocenters. The molecule has 2 N–H and O–H groups in total. The van der Waals surface area contributed by atoms with Gasteiger partial charge in [0.2, 0.25) is 5.91 Å². The van der Waals surface area contributed by atoms with Gasteiger partial charge in [-0.15, -0.1) is 0 Å². The second-order valence-electron chi connectivity index (χ2n) is 5.14. The maximum Gasteiger partial charge on any atom is 0.418 e. The summed E-state index contributed by atoms with van der Waals surface area (Å²) in [5.74, 6) is -0.442. The molecule has 0 spiro atoms. The minimum atomic E-state index is -4.56. The zero-order valence-electron chi connectivity index (χ0n) is 12.9. The van der Waals surface area contributed by atoms with Gasteiger partial charge in [-0.1, -0.05) is 30.7 Å². The Labute approximate surface area is 142 Å². The molecule has 0 aliphatic rings. The lowest BCUT2D eigenvalue weighted by Gasteiger charge is -2.15. The van der Waals surface area contributed by atoms with Gasteiger partial charge in [0.25, 0.3) is 0 Å². The van der Waals surface area contributed by atoms with Crippen molar-refractivity contribution in [2.45, 2.75) is 19.5 Å². The molecule has 0 saturated heterocycles. The van der Waals surface area contributed by atoms with Gasteiger partial charge in [-0.25, -0.2) is 0 Å². The summed E-state index contributed by atoms with van der Waals surface area (Å²) in [5.41, 5.74) is 0.617. The summed E-state index contributed by atoms with van der Waals surface area (Å²) < 4.78 is 38.9. The van der Waals surface area contributed by atoms with Gasteiger partial charge in [-0.3, -0.25) is 4.79 Å². The van der Waals surface area contributed by atoms with Crippen molar-refractivity contribution in [3.05, 3.63) is 58.6 Å². The number of carbonyl (C=O) groups is 1. The van der Waals surface area contributed by atoms with Crippen molar-refractivity contribution in [3.63, 3.8) is 0 Å². The Bertz CT molecular complexity index is 715. The Morgan fingerprint density at radius 1 is 1.12 bits per heavy atom. The van der Waals surface area contributed by atoms with Gasteiger partial charge in [-0.2, -0.15) is 13.2 Å². The lowest BCUT2D eigenvalue weighted by Crippen LogP contribution is -2.23. The van der Waals surface area contributed by atoms with Crippen molar-refractivity contribution < 1.29 is 18.0 Å². The maximum atomic E-state index is 13.0. The van der Waals surface area contributed by atoms with Gasteiger partial charge in [0.15, 0.2) is 0 Å². The van der Waals surface area contributed by atoms with Gasteiger partial charge >= 0.3 is 6.18 Å². The Hall–Kier alpha value is -2.21. The van der Waals surface area contributed by atoms with Crippen LogP contribution in [0, 0.1) is 0 Å². The molecule has 3 nitrogen and oxygen atoms in total. The topological polar surface area (TPSA) is 41.1 Å². The molecule has 0 saturated carbocycles. The first-order chi connectivity index (χ1) is 11.3. The number of aryl methyl sites for hydroxylation is 1. The summed E-state index contributed by atoms with van der Waals surface area (Å²) in [6, 6.07) is 10.6. The quantitative estimate of drug-likeness (QED) is 0.794. The fourth-order valence-electron chi connectivity index (χ4n) is 2.11. The summed E-state index contributed by atoms with van der Waals surface area (Å²) in [6.07, 6.45) is -3.67. The number of amides is 1. The van der Waals surface area contributed by atoms with E-state index >= 15 is 0 Å². The summed E-state index contributed by atoms with van der Waals surface area (Å²) in [6.45, 7) is 1.72. The molecule has 0 aliphatic heterocycles. The first kappa shape index (κ1) is 18.1. The normalized spacial score (nSPS) is 11.2. The number of hydrogen-bond donors (Lipinski definition) is 2. The summed E-state index contributed by atoms with van der Waals surface area (Å²) in [5, 5.41) is 5.10. The predicted molar refractivity (Wildman–Crippen MR) is 89.4 cm³/mol. The van der Waals surface area contributed by atoms with Gasteiger partial charge < -0.3 is 10.6 Å². The predicted octanol–water partition coefficient (Wildman–Crippen LogP) is 4.97. The first-order valence-corrected chi connectivity index (χ1v) is 7.67. The highest BCUT2D eigenvalue weighted by molar-refractivity contribution is 6.30. The van der Waals surface area contributed by atoms with Crippen LogP contribution >= 0.6 is 11.6 Å². The minimum Gasteiger partial charge on any atom is -0.376 e. The first-order valence-electron chi connectivity index (χ1n) is 7.29. The van der Waals surface area contributed by atoms with Crippen LogP contribution in [0.15, 0.2) is 42.5 Å². The van der Waals surface area contributed by atoms with Crippen molar-refractivity contribution in [3.8, 4) is 0 Å². The van der Waals surface area contributed by atoms with Crippen LogP contribution in [0.2, 0.25) is 5.02 Å². The third kappa shape index (κ3) is 4.89. The number of alkyl halides is 3. The van der Waals surface area contributed by atoms with Crippen LogP contribution < -0.4 is 10.6 Å². The molecule has 1 amide bonds. The molecule has 0 radical (unpaired) electrons. The molecule has 0 fully saturated rings. The Kier molecular flexibility index (Phi) is 5.72. The molecule has 0 bridgehead atoms. The van der Waals surface area contributed by atoms with Crippen LogP contribution in [0.5, 0.6) is 0 Å². The summed E-state index contributed by atoms with van der Waals surface area (Å²) in [7, 11) is 0. The average molecular weight is 357 g/mol. The van der Waals surface area contributed by atoms with Crippen LogP contribution in [0.3, 0.4) is 0 Å². The Balaban J connectivity index is 2.01. The highest BCUT2D eigenvalue weighted by Gasteiger charge is 2.33. The highest BCUT2D eigenvalue weighted by Crippen LogP contribution is 2.36. The van der Waals surface area contributed by atoms with E-state index in [9.17, 15) is 18.0 Å². The number of carbonyl (C=O) groups excluding carboxylic acids is 1. The molecular weight excluding hydrogens is 341 g/mol. The maximum absolute atomic E-state index is 13.0. The molecule has 2 rings (SSSR count). The van der Waals surface area contributed by atoms with E-state index in [-0.39, 0.29) is 17.3 Å². The SMILES string of the molecule is CCc1ccc(NC(=O)CNc2ccc(Cl)cc2C(F)(F)F)cc1. The van der Waals surface area contributed by atoms with E-state index in [2.05, 4.69) is 10.6 Å². The summed E-state index contributed by atoms with van der Waals surface area (Å²) in [4.78, 5) is 11.9. The van der Waals surface area contributed by atoms with E-state index in [1.165, 1.54) is 12.1 Å². The van der Waals surface area contributed by atoms with E-state index in [0.29, 0.717) is 5.69 Å². The highest BCUT2D eigenvalue weighted by atomic mass is 35.5. The number of anilines is 2. The van der Waals surface area contributed by atoms with Crippen molar-refractivity contribution in [2.24, 2.45) is 0 Å². The zero-order chi connectivity index (χ0) is 17.7. The van der Waals surface area contributed by atoms with E-state index < -0.39 is 17.6 Å². The molecule has 7 heteroatoms. The number of rotatable bonds is 5. The molecule has 2 aromatic carbocycles. The van der Waals surface area contributed by atoms with Crippen LogP contribution in [0.1, 0.15) is 18.1 Å². The number of hydrogen-bond acceptors (Lipinski definition) is 2. The van der Waals surface area contributed by atoms with Crippen LogP contribution in [0.4, 0.5) is 24.5 Å². The molecule has 24 heavy (non-hydrogen) atoms. The molecule has 2 aromatic rings. The van der Waals surface area contributed by atoms with E-state index in [4.69, 9.17) is 11.6 Å². The number of benzene rings is 2. The minimum absolute atomic E-state index is 0.0201. The second-order valence-corrected chi connectivity index (χ2v) is 5.58. The third-order valence-electron chi connectivity index (χ3n) is 3.37. The van der Waals surface area contributed by atoms with Crippen molar-refractivity contribution in [1.82, 2.24) is 0 Å². The lowest BCUT2D eigenvalue weighted by atomic mass is 10.1. The fourth-order valence-corrected chi connectivity index (χ4v) is 2.28. The second kappa shape index (κ2) is 7.57. The fraction of sp³-hybridized carbons (Fsp3) is 0.235. The number of halogens is 4. The van der Waals surface area contributed by atoms with Crippen molar-refractivity contribution in [1.29, 1.82) is 0 Å². The largest absolute Gasteiger partial charge is 0.418 e. The van der Waals surface area contributed by atoms with Crippen LogP contribution in [0.25, 0.3) is 0 Å². The smallest absolute Gasteiger partial charge is 0.376 e. The van der Waals surface area contributed by atoms with Gasteiger partial charge in [0, 0.05) is 16.4 Å². The molecule has 128 valence electrons. The van der Waals surface area contributed by atoms with Crippen LogP contribution in [-0.4, -0.2) is 12.5 Å².